The number of nitrogens with one attached hydrogen (secondary N) is 2. The fourth-order valence-corrected chi connectivity index (χ4v) is 3.65. The molecule has 1 aromatic heterocycles. The van der Waals surface area contributed by atoms with E-state index in [-0.39, 0.29) is 35.1 Å². The number of hydroxylamine groups is 3. The first-order chi connectivity index (χ1) is 17.7. The Kier molecular flexibility index (Phi) is 7.55. The number of carbonyl (C=O) groups is 1. The lowest BCUT2D eigenvalue weighted by Crippen LogP contribution is -2.39. The summed E-state index contributed by atoms with van der Waals surface area (Å²) in [6.07, 6.45) is 1.54. The highest BCUT2D eigenvalue weighted by atomic mass is 35.5. The number of rotatable bonds is 11. The smallest absolute Gasteiger partial charge is 0.274 e. The van der Waals surface area contributed by atoms with Gasteiger partial charge in [-0.05, 0) is 24.3 Å². The summed E-state index contributed by atoms with van der Waals surface area (Å²) in [7, 11) is 2.88. The number of nitrogens with zero attached hydrogens (tertiary/aromatic N) is 2. The molecule has 192 valence electrons. The van der Waals surface area contributed by atoms with Crippen LogP contribution in [0.25, 0.3) is 10.9 Å². The fraction of sp³-hybridized carbons (Fsp3) is 0.167. The van der Waals surface area contributed by atoms with Gasteiger partial charge in [-0.1, -0.05) is 11.6 Å². The molecule has 0 aliphatic carbocycles. The molecule has 0 bridgehead atoms. The number of nitrogens with two attached hydrogens (primary N) is 1. The summed E-state index contributed by atoms with van der Waals surface area (Å²) in [5.41, 5.74) is 7.41. The quantitative estimate of drug-likeness (QED) is 0.128. The highest BCUT2D eigenvalue weighted by Crippen LogP contribution is 2.36. The number of methoxy groups -OCH3 is 1. The third-order valence-electron chi connectivity index (χ3n) is 5.29. The Morgan fingerprint density at radius 2 is 1.95 bits per heavy atom. The van der Waals surface area contributed by atoms with Crippen LogP contribution in [0.5, 0.6) is 23.0 Å². The summed E-state index contributed by atoms with van der Waals surface area (Å²) >= 11 is 6.40. The maximum Gasteiger partial charge on any atom is 0.274 e. The summed E-state index contributed by atoms with van der Waals surface area (Å²) in [5, 5.41) is 13.6. The summed E-state index contributed by atoms with van der Waals surface area (Å²) in [4.78, 5) is 45.2. The van der Waals surface area contributed by atoms with Crippen molar-refractivity contribution < 1.29 is 24.3 Å². The van der Waals surface area contributed by atoms with Crippen LogP contribution >= 0.6 is 11.6 Å². The molecule has 4 rings (SSSR count). The standard InChI is InChI=1S/C24H22ClN5O7/c1-30(34)8-7-28-37-23-20(21(31)22(23)32)29-16-4-3-12(9-15(16)25)36-18-5-6-27-17-11-19(35-2)14(24(26)33)10-13(17)18/h3-6,9-11,28-29,34H,7-8H2,1-2H3,(H2,26,33). The van der Waals surface area contributed by atoms with Crippen molar-refractivity contribution in [3.8, 4) is 23.0 Å². The zero-order valence-corrected chi connectivity index (χ0v) is 20.5. The first-order valence-corrected chi connectivity index (χ1v) is 11.2. The molecule has 12 nitrogen and oxygen atoms in total. The number of pyridine rings is 1. The number of primary amides is 1. The van der Waals surface area contributed by atoms with Crippen LogP contribution in [0.2, 0.25) is 5.02 Å². The minimum absolute atomic E-state index is 0.0570. The second-order valence-corrected chi connectivity index (χ2v) is 8.26. The van der Waals surface area contributed by atoms with E-state index in [0.717, 1.165) is 5.06 Å². The molecule has 0 saturated carbocycles. The van der Waals surface area contributed by atoms with Gasteiger partial charge in [0, 0.05) is 43.9 Å². The van der Waals surface area contributed by atoms with Gasteiger partial charge in [0.2, 0.25) is 5.75 Å². The Bertz CT molecular complexity index is 1550. The number of amides is 1. The monoisotopic (exact) mass is 527 g/mol. The van der Waals surface area contributed by atoms with Crippen LogP contribution in [-0.2, 0) is 0 Å². The molecular formula is C24H22ClN5O7. The van der Waals surface area contributed by atoms with E-state index >= 15 is 0 Å². The molecule has 3 aromatic carbocycles. The van der Waals surface area contributed by atoms with Crippen molar-refractivity contribution in [2.24, 2.45) is 5.73 Å². The van der Waals surface area contributed by atoms with E-state index in [0.29, 0.717) is 33.8 Å². The zero-order chi connectivity index (χ0) is 26.7. The minimum atomic E-state index is -0.792. The zero-order valence-electron chi connectivity index (χ0n) is 19.7. The lowest BCUT2D eigenvalue weighted by molar-refractivity contribution is -0.0673. The first kappa shape index (κ1) is 25.9. The molecule has 0 fully saturated rings. The van der Waals surface area contributed by atoms with Crippen LogP contribution in [0.4, 0.5) is 11.4 Å². The van der Waals surface area contributed by atoms with Crippen molar-refractivity contribution >= 4 is 39.8 Å². The molecule has 5 N–H and O–H groups in total. The van der Waals surface area contributed by atoms with Gasteiger partial charge in [0.15, 0.2) is 0 Å². The number of anilines is 2. The van der Waals surface area contributed by atoms with Crippen LogP contribution < -0.4 is 41.7 Å². The van der Waals surface area contributed by atoms with E-state index in [1.54, 1.807) is 30.5 Å². The molecular weight excluding hydrogens is 506 g/mol. The van der Waals surface area contributed by atoms with E-state index in [1.807, 2.05) is 0 Å². The predicted molar refractivity (Wildman–Crippen MR) is 136 cm³/mol. The number of likely N-dealkylation sites (N-methyl/N-ethyl adjacent to an activating group) is 1. The van der Waals surface area contributed by atoms with Gasteiger partial charge in [0.1, 0.15) is 22.9 Å². The molecule has 13 heteroatoms. The summed E-state index contributed by atoms with van der Waals surface area (Å²) in [5.74, 6) is 0.191. The number of hydrogen-bond donors (Lipinski definition) is 4. The van der Waals surface area contributed by atoms with Crippen molar-refractivity contribution in [2.75, 3.05) is 32.6 Å². The summed E-state index contributed by atoms with van der Waals surface area (Å²) < 4.78 is 11.2. The lowest BCUT2D eigenvalue weighted by Gasteiger charge is -2.16. The average molecular weight is 528 g/mol. The second-order valence-electron chi connectivity index (χ2n) is 7.85. The third-order valence-corrected chi connectivity index (χ3v) is 5.61. The fourth-order valence-electron chi connectivity index (χ4n) is 3.43. The highest BCUT2D eigenvalue weighted by molar-refractivity contribution is 6.33. The Balaban J connectivity index is 1.54. The molecule has 0 radical (unpaired) electrons. The van der Waals surface area contributed by atoms with Gasteiger partial charge in [0.05, 0.1) is 28.9 Å². The third kappa shape index (κ3) is 5.47. The summed E-state index contributed by atoms with van der Waals surface area (Å²) in [6.45, 7) is 0.436. The normalized spacial score (nSPS) is 11.2. The molecule has 0 spiro atoms. The first-order valence-electron chi connectivity index (χ1n) is 10.8. The highest BCUT2D eigenvalue weighted by Gasteiger charge is 2.24. The molecule has 0 aliphatic heterocycles. The van der Waals surface area contributed by atoms with Gasteiger partial charge in [-0.2, -0.15) is 10.5 Å². The molecule has 1 heterocycles. The van der Waals surface area contributed by atoms with E-state index in [9.17, 15) is 14.4 Å². The number of halogens is 1. The van der Waals surface area contributed by atoms with Crippen molar-refractivity contribution in [3.05, 3.63) is 73.6 Å². The van der Waals surface area contributed by atoms with Gasteiger partial charge in [0.25, 0.3) is 16.8 Å². The van der Waals surface area contributed by atoms with Crippen molar-refractivity contribution in [2.45, 2.75) is 0 Å². The van der Waals surface area contributed by atoms with Crippen LogP contribution in [0, 0.1) is 0 Å². The lowest BCUT2D eigenvalue weighted by atomic mass is 10.1. The van der Waals surface area contributed by atoms with Gasteiger partial charge in [-0.25, -0.2) is 0 Å². The van der Waals surface area contributed by atoms with Gasteiger partial charge in [-0.15, -0.1) is 0 Å². The van der Waals surface area contributed by atoms with Crippen LogP contribution in [0.1, 0.15) is 10.4 Å². The maximum atomic E-state index is 12.0. The Morgan fingerprint density at radius 3 is 2.62 bits per heavy atom. The average Bonchev–Trinajstić information content (AvgIpc) is 2.87. The molecule has 0 atom stereocenters. The topological polar surface area (TPSA) is 165 Å². The van der Waals surface area contributed by atoms with Crippen LogP contribution in [0.3, 0.4) is 0 Å². The van der Waals surface area contributed by atoms with Crippen LogP contribution in [-0.4, -0.2) is 48.4 Å². The number of hydrogen-bond acceptors (Lipinski definition) is 11. The molecule has 0 unspecified atom stereocenters. The molecule has 0 aliphatic rings. The Hall–Kier alpha value is -4.23. The van der Waals surface area contributed by atoms with E-state index < -0.39 is 16.8 Å². The van der Waals surface area contributed by atoms with Crippen molar-refractivity contribution in [1.29, 1.82) is 0 Å². The number of carbonyl (C=O) groups excluding carboxylic acids is 1. The number of ether oxygens (including phenoxy) is 2. The molecule has 0 saturated heterocycles. The van der Waals surface area contributed by atoms with Gasteiger partial charge in [-0.3, -0.25) is 19.4 Å². The van der Waals surface area contributed by atoms with Crippen molar-refractivity contribution in [1.82, 2.24) is 15.5 Å². The number of aromatic nitrogens is 1. The second kappa shape index (κ2) is 10.8. The van der Waals surface area contributed by atoms with E-state index in [2.05, 4.69) is 15.8 Å². The largest absolute Gasteiger partial charge is 0.496 e. The molecule has 4 aromatic rings. The van der Waals surface area contributed by atoms with Gasteiger partial charge >= 0.3 is 0 Å². The molecule has 1 amide bonds. The SMILES string of the molecule is COc1cc2nccc(Oc3ccc(Nc4c(ONCCN(C)O)c(=O)c4=O)c(Cl)c3)c2cc1C(N)=O. The Labute approximate surface area is 214 Å². The molecule has 37 heavy (non-hydrogen) atoms. The Morgan fingerprint density at radius 1 is 1.16 bits per heavy atom. The minimum Gasteiger partial charge on any atom is -0.496 e. The number of fused-ring (bicyclic) bond motifs is 1. The predicted octanol–water partition coefficient (Wildman–Crippen LogP) is 2.33. The van der Waals surface area contributed by atoms with E-state index in [4.69, 9.17) is 36.9 Å². The van der Waals surface area contributed by atoms with Gasteiger partial charge < -0.3 is 30.6 Å². The van der Waals surface area contributed by atoms with E-state index in [1.165, 1.54) is 26.3 Å². The van der Waals surface area contributed by atoms with Crippen LogP contribution in [0.15, 0.2) is 52.2 Å². The van der Waals surface area contributed by atoms with Crippen molar-refractivity contribution in [3.63, 3.8) is 0 Å². The summed E-state index contributed by atoms with van der Waals surface area (Å²) in [6, 6.07) is 9.41. The number of benzene rings is 2. The maximum absolute atomic E-state index is 12.0.